The van der Waals surface area contributed by atoms with E-state index in [1.165, 1.54) is 17.4 Å². The summed E-state index contributed by atoms with van der Waals surface area (Å²) in [6.07, 6.45) is -3.32. The van der Waals surface area contributed by atoms with Crippen LogP contribution in [0.25, 0.3) is 10.2 Å². The fraction of sp³-hybridized carbons (Fsp3) is 0.471. The number of benzene rings is 1. The highest BCUT2D eigenvalue weighted by Gasteiger charge is 2.31. The third-order valence-electron chi connectivity index (χ3n) is 4.60. The highest BCUT2D eigenvalue weighted by Crippen LogP contribution is 2.33. The van der Waals surface area contributed by atoms with Crippen molar-refractivity contribution in [3.63, 3.8) is 0 Å². The van der Waals surface area contributed by atoms with Gasteiger partial charge in [0.05, 0.1) is 26.8 Å². The summed E-state index contributed by atoms with van der Waals surface area (Å²) in [5, 5.41) is 8.13. The van der Waals surface area contributed by atoms with Gasteiger partial charge in [-0.25, -0.2) is 4.98 Å². The number of hydrogen-bond acceptors (Lipinski definition) is 7. The molecule has 1 aliphatic heterocycles. The van der Waals surface area contributed by atoms with E-state index < -0.39 is 11.7 Å². The molecule has 1 aliphatic rings. The van der Waals surface area contributed by atoms with Crippen molar-refractivity contribution < 1.29 is 17.7 Å². The number of rotatable bonds is 4. The minimum absolute atomic E-state index is 0. The van der Waals surface area contributed by atoms with Crippen molar-refractivity contribution in [3.8, 4) is 0 Å². The van der Waals surface area contributed by atoms with Crippen LogP contribution >= 0.6 is 23.7 Å². The van der Waals surface area contributed by atoms with Gasteiger partial charge in [0.1, 0.15) is 0 Å². The van der Waals surface area contributed by atoms with Gasteiger partial charge in [0.2, 0.25) is 5.89 Å². The first-order valence-corrected chi connectivity index (χ1v) is 9.42. The van der Waals surface area contributed by atoms with Crippen molar-refractivity contribution in [1.82, 2.24) is 25.3 Å². The molecule has 0 radical (unpaired) electrons. The number of halogens is 4. The van der Waals surface area contributed by atoms with Crippen LogP contribution in [0.4, 0.5) is 13.2 Å². The molecule has 11 heteroatoms. The Hall–Kier alpha value is -1.75. The van der Waals surface area contributed by atoms with Crippen LogP contribution in [0, 0.1) is 0 Å². The minimum Gasteiger partial charge on any atom is -0.339 e. The van der Waals surface area contributed by atoms with Gasteiger partial charge in [-0.15, -0.1) is 23.7 Å². The van der Waals surface area contributed by atoms with Gasteiger partial charge in [0.25, 0.3) is 0 Å². The van der Waals surface area contributed by atoms with Gasteiger partial charge < -0.3 is 9.84 Å². The molecular weight excluding hydrogens is 415 g/mol. The zero-order valence-corrected chi connectivity index (χ0v) is 16.6. The smallest absolute Gasteiger partial charge is 0.339 e. The molecule has 3 aromatic rings. The Kier molecular flexibility index (Phi) is 6.23. The van der Waals surface area contributed by atoms with E-state index in [1.807, 2.05) is 7.05 Å². The molecule has 6 nitrogen and oxygen atoms in total. The first-order chi connectivity index (χ1) is 12.9. The summed E-state index contributed by atoms with van der Waals surface area (Å²) in [5.74, 6) is 1.16. The number of aryl methyl sites for hydroxylation is 2. The second-order valence-electron chi connectivity index (χ2n) is 6.53. The van der Waals surface area contributed by atoms with E-state index in [0.29, 0.717) is 30.1 Å². The molecular formula is C17H19ClF3N5OS. The van der Waals surface area contributed by atoms with Crippen LogP contribution in [0.1, 0.15) is 28.3 Å². The van der Waals surface area contributed by atoms with E-state index in [1.54, 1.807) is 0 Å². The molecule has 1 saturated heterocycles. The van der Waals surface area contributed by atoms with Crippen LogP contribution in [0.2, 0.25) is 0 Å². The molecule has 3 heterocycles. The lowest BCUT2D eigenvalue weighted by molar-refractivity contribution is -0.137. The first-order valence-electron chi connectivity index (χ1n) is 8.60. The summed E-state index contributed by atoms with van der Waals surface area (Å²) in [4.78, 5) is 11.0. The average molecular weight is 434 g/mol. The Morgan fingerprint density at radius 3 is 2.86 bits per heavy atom. The molecule has 2 aromatic heterocycles. The summed E-state index contributed by atoms with van der Waals surface area (Å²) in [5.41, 5.74) is -0.315. The maximum atomic E-state index is 12.8. The third kappa shape index (κ3) is 4.45. The number of thiazole rings is 1. The van der Waals surface area contributed by atoms with Gasteiger partial charge in [0, 0.05) is 32.5 Å². The van der Waals surface area contributed by atoms with Crippen LogP contribution in [0.5, 0.6) is 0 Å². The summed E-state index contributed by atoms with van der Waals surface area (Å²) >= 11 is 1.38. The number of nitrogens with one attached hydrogen (secondary N) is 1. The second-order valence-corrected chi connectivity index (χ2v) is 7.65. The van der Waals surface area contributed by atoms with E-state index in [2.05, 4.69) is 25.3 Å². The molecule has 1 atom stereocenters. The minimum atomic E-state index is -4.36. The second kappa shape index (κ2) is 8.32. The Morgan fingerprint density at radius 1 is 1.29 bits per heavy atom. The zero-order chi connectivity index (χ0) is 19.0. The summed E-state index contributed by atoms with van der Waals surface area (Å²) < 4.78 is 44.5. The average Bonchev–Trinajstić information content (AvgIpc) is 3.25. The fourth-order valence-electron chi connectivity index (χ4n) is 3.07. The number of alkyl halides is 3. The summed E-state index contributed by atoms with van der Waals surface area (Å²) in [6, 6.07) is 3.73. The van der Waals surface area contributed by atoms with Gasteiger partial charge in [-0.05, 0) is 25.2 Å². The van der Waals surface area contributed by atoms with E-state index in [4.69, 9.17) is 4.52 Å². The fourth-order valence-corrected chi connectivity index (χ4v) is 4.02. The molecule has 28 heavy (non-hydrogen) atoms. The van der Waals surface area contributed by atoms with E-state index >= 15 is 0 Å². The number of likely N-dealkylation sites (N-methyl/N-ethyl adjacent to an activating group) is 1. The number of aromatic nitrogens is 3. The zero-order valence-electron chi connectivity index (χ0n) is 15.0. The lowest BCUT2D eigenvalue weighted by atomic mass is 10.2. The maximum Gasteiger partial charge on any atom is 0.416 e. The molecule has 4 rings (SSSR count). The number of nitrogens with zero attached hydrogens (tertiary/aromatic N) is 4. The molecule has 0 aliphatic carbocycles. The van der Waals surface area contributed by atoms with E-state index in [0.717, 1.165) is 41.5 Å². The van der Waals surface area contributed by atoms with Gasteiger partial charge in [-0.1, -0.05) is 5.16 Å². The molecule has 0 saturated carbocycles. The Labute approximate surface area is 169 Å². The van der Waals surface area contributed by atoms with Crippen molar-refractivity contribution in [1.29, 1.82) is 0 Å². The molecule has 0 amide bonds. The number of piperazine rings is 1. The van der Waals surface area contributed by atoms with Crippen molar-refractivity contribution in [3.05, 3.63) is 40.5 Å². The monoisotopic (exact) mass is 433 g/mol. The van der Waals surface area contributed by atoms with Crippen LogP contribution in [-0.4, -0.2) is 46.7 Å². The molecule has 1 fully saturated rings. The Morgan fingerprint density at radius 2 is 2.11 bits per heavy atom. The number of fused-ring (bicyclic) bond motifs is 1. The van der Waals surface area contributed by atoms with Gasteiger partial charge in [0.15, 0.2) is 5.82 Å². The molecule has 0 bridgehead atoms. The van der Waals surface area contributed by atoms with E-state index in [9.17, 15) is 13.2 Å². The predicted octanol–water partition coefficient (Wildman–Crippen LogP) is 3.48. The quantitative estimate of drug-likeness (QED) is 0.679. The summed E-state index contributed by atoms with van der Waals surface area (Å²) in [6.45, 7) is 2.63. The third-order valence-corrected chi connectivity index (χ3v) is 5.70. The van der Waals surface area contributed by atoms with Gasteiger partial charge in [-0.3, -0.25) is 4.90 Å². The molecule has 152 valence electrons. The Bertz CT molecular complexity index is 944. The van der Waals surface area contributed by atoms with Crippen molar-refractivity contribution in [2.75, 3.05) is 26.7 Å². The van der Waals surface area contributed by atoms with Crippen molar-refractivity contribution in [2.24, 2.45) is 0 Å². The first kappa shape index (κ1) is 21.0. The SMILES string of the molecule is CN1CCNCC1c1noc(CCc2nc3cc(C(F)(F)F)ccc3s2)n1.Cl. The highest BCUT2D eigenvalue weighted by atomic mass is 35.5. The molecule has 1 aromatic carbocycles. The predicted molar refractivity (Wildman–Crippen MR) is 102 cm³/mol. The molecule has 1 unspecified atom stereocenters. The largest absolute Gasteiger partial charge is 0.416 e. The van der Waals surface area contributed by atoms with Gasteiger partial charge >= 0.3 is 6.18 Å². The van der Waals surface area contributed by atoms with E-state index in [-0.39, 0.29) is 18.4 Å². The lowest BCUT2D eigenvalue weighted by Gasteiger charge is -2.30. The normalized spacial score (nSPS) is 18.4. The van der Waals surface area contributed by atoms with Crippen LogP contribution in [0.15, 0.2) is 22.7 Å². The van der Waals surface area contributed by atoms with Crippen LogP contribution < -0.4 is 5.32 Å². The van der Waals surface area contributed by atoms with Crippen molar-refractivity contribution in [2.45, 2.75) is 25.1 Å². The lowest BCUT2D eigenvalue weighted by Crippen LogP contribution is -2.44. The molecule has 1 N–H and O–H groups in total. The van der Waals surface area contributed by atoms with Gasteiger partial charge in [-0.2, -0.15) is 18.2 Å². The van der Waals surface area contributed by atoms with Crippen LogP contribution in [-0.2, 0) is 19.0 Å². The topological polar surface area (TPSA) is 67.1 Å². The maximum absolute atomic E-state index is 12.8. The van der Waals surface area contributed by atoms with Crippen molar-refractivity contribution >= 4 is 34.0 Å². The summed E-state index contributed by atoms with van der Waals surface area (Å²) in [7, 11) is 2.03. The Balaban J connectivity index is 0.00000225. The highest BCUT2D eigenvalue weighted by molar-refractivity contribution is 7.18. The molecule has 0 spiro atoms. The van der Waals surface area contributed by atoms with Crippen LogP contribution in [0.3, 0.4) is 0 Å². The standard InChI is InChI=1S/C17H18F3N5OS.ClH/c1-25-7-6-21-9-12(25)16-23-14(26-24-16)4-5-15-22-11-8-10(17(18,19)20)2-3-13(11)27-15;/h2-3,8,12,21H,4-7,9H2,1H3;1H. The number of hydrogen-bond donors (Lipinski definition) is 1.